The Labute approximate surface area is 130 Å². The fraction of sp³-hybridized carbons (Fsp3) is 0.571. The largest absolute Gasteiger partial charge is 0.368 e. The molecule has 3 atom stereocenters. The Morgan fingerprint density at radius 3 is 2.95 bits per heavy atom. The van der Waals surface area contributed by atoms with Gasteiger partial charge in [-0.1, -0.05) is 24.2 Å². The lowest BCUT2D eigenvalue weighted by Gasteiger charge is -2.32. The first-order chi connectivity index (χ1) is 10.6. The molecule has 1 aliphatic heterocycles. The molecule has 3 heterocycles. The predicted molar refractivity (Wildman–Crippen MR) is 83.0 cm³/mol. The standard InChI is InChI=1S/C14H17N5O2S/c15-12(21)10-7-8-3-1-2-4-9(8)18(10)14-17-19-11(20)5-6-16-13(19)22-14/h5-6,8-10H,1-4,7H2,(H2,15,21). The Morgan fingerprint density at radius 2 is 2.18 bits per heavy atom. The molecule has 7 nitrogen and oxygen atoms in total. The number of amides is 1. The summed E-state index contributed by atoms with van der Waals surface area (Å²) in [5, 5.41) is 5.07. The van der Waals surface area contributed by atoms with Crippen LogP contribution in [-0.2, 0) is 4.79 Å². The number of anilines is 1. The topological polar surface area (TPSA) is 93.6 Å². The molecule has 2 aliphatic rings. The highest BCUT2D eigenvalue weighted by atomic mass is 32.1. The van der Waals surface area contributed by atoms with Crippen LogP contribution in [0.15, 0.2) is 17.1 Å². The summed E-state index contributed by atoms with van der Waals surface area (Å²) in [6.07, 6.45) is 6.82. The van der Waals surface area contributed by atoms with Crippen LogP contribution in [0.4, 0.5) is 5.13 Å². The zero-order valence-electron chi connectivity index (χ0n) is 12.0. The third-order valence-corrected chi connectivity index (χ3v) is 5.73. The van der Waals surface area contributed by atoms with Crippen molar-refractivity contribution in [2.45, 2.75) is 44.2 Å². The Balaban J connectivity index is 1.81. The van der Waals surface area contributed by atoms with Crippen molar-refractivity contribution in [1.82, 2.24) is 14.6 Å². The summed E-state index contributed by atoms with van der Waals surface area (Å²) < 4.78 is 1.30. The summed E-state index contributed by atoms with van der Waals surface area (Å²) in [5.74, 6) is 0.178. The maximum atomic E-state index is 11.9. The Hall–Kier alpha value is -1.96. The summed E-state index contributed by atoms with van der Waals surface area (Å²) in [6, 6.07) is 1.35. The van der Waals surface area contributed by atoms with Crippen molar-refractivity contribution < 1.29 is 4.79 Å². The van der Waals surface area contributed by atoms with Crippen LogP contribution in [0, 0.1) is 5.92 Å². The number of carbonyl (C=O) groups excluding carboxylic acids is 1. The monoisotopic (exact) mass is 319 g/mol. The van der Waals surface area contributed by atoms with Gasteiger partial charge < -0.3 is 10.6 Å². The molecule has 3 unspecified atom stereocenters. The number of rotatable bonds is 2. The predicted octanol–water partition coefficient (Wildman–Crippen LogP) is 0.774. The minimum Gasteiger partial charge on any atom is -0.368 e. The number of aromatic nitrogens is 3. The van der Waals surface area contributed by atoms with Gasteiger partial charge in [0.25, 0.3) is 5.56 Å². The molecular weight excluding hydrogens is 302 g/mol. The van der Waals surface area contributed by atoms with Crippen molar-refractivity contribution in [1.29, 1.82) is 0 Å². The van der Waals surface area contributed by atoms with Crippen LogP contribution in [0.1, 0.15) is 32.1 Å². The lowest BCUT2D eigenvalue weighted by atomic mass is 9.85. The van der Waals surface area contributed by atoms with Crippen LogP contribution in [0.25, 0.3) is 4.96 Å². The molecule has 1 amide bonds. The first kappa shape index (κ1) is 13.7. The molecule has 2 aromatic heterocycles. The first-order valence-corrected chi connectivity index (χ1v) is 8.39. The zero-order chi connectivity index (χ0) is 15.3. The third-order valence-electron chi connectivity index (χ3n) is 4.80. The van der Waals surface area contributed by atoms with Gasteiger partial charge in [-0.05, 0) is 25.2 Å². The minimum atomic E-state index is -0.329. The van der Waals surface area contributed by atoms with Crippen LogP contribution in [0.2, 0.25) is 0 Å². The van der Waals surface area contributed by atoms with Gasteiger partial charge in [0.05, 0.1) is 0 Å². The fourth-order valence-electron chi connectivity index (χ4n) is 3.83. The van der Waals surface area contributed by atoms with Gasteiger partial charge >= 0.3 is 0 Å². The van der Waals surface area contributed by atoms with E-state index in [2.05, 4.69) is 10.1 Å². The summed E-state index contributed by atoms with van der Waals surface area (Å²) >= 11 is 1.34. The van der Waals surface area contributed by atoms with Gasteiger partial charge in [0.1, 0.15) is 6.04 Å². The quantitative estimate of drug-likeness (QED) is 0.882. The summed E-state index contributed by atoms with van der Waals surface area (Å²) in [4.78, 5) is 30.5. The van der Waals surface area contributed by atoms with E-state index in [0.717, 1.165) is 25.7 Å². The van der Waals surface area contributed by atoms with Gasteiger partial charge in [0.15, 0.2) is 0 Å². The van der Waals surface area contributed by atoms with Gasteiger partial charge in [0.2, 0.25) is 16.0 Å². The van der Waals surface area contributed by atoms with E-state index in [0.29, 0.717) is 22.1 Å². The molecule has 0 aromatic carbocycles. The number of hydrogen-bond donors (Lipinski definition) is 1. The lowest BCUT2D eigenvalue weighted by molar-refractivity contribution is -0.119. The van der Waals surface area contributed by atoms with Crippen molar-refractivity contribution in [3.8, 4) is 0 Å². The molecule has 1 aliphatic carbocycles. The van der Waals surface area contributed by atoms with Crippen molar-refractivity contribution in [2.24, 2.45) is 11.7 Å². The van der Waals surface area contributed by atoms with Crippen LogP contribution < -0.4 is 16.2 Å². The normalized spacial score (nSPS) is 28.0. The second kappa shape index (κ2) is 5.05. The fourth-order valence-corrected chi connectivity index (χ4v) is 4.81. The van der Waals surface area contributed by atoms with E-state index >= 15 is 0 Å². The molecule has 4 rings (SSSR count). The Bertz CT molecular complexity index is 785. The number of fused-ring (bicyclic) bond motifs is 2. The van der Waals surface area contributed by atoms with Crippen LogP contribution >= 0.6 is 11.3 Å². The molecule has 0 spiro atoms. The number of carbonyl (C=O) groups is 1. The van der Waals surface area contributed by atoms with Gasteiger partial charge in [-0.15, -0.1) is 5.10 Å². The molecule has 1 saturated carbocycles. The van der Waals surface area contributed by atoms with E-state index in [-0.39, 0.29) is 17.5 Å². The van der Waals surface area contributed by atoms with E-state index in [1.54, 1.807) is 0 Å². The summed E-state index contributed by atoms with van der Waals surface area (Å²) in [7, 11) is 0. The molecule has 8 heteroatoms. The molecule has 1 saturated heterocycles. The van der Waals surface area contributed by atoms with Crippen molar-refractivity contribution >= 4 is 27.3 Å². The molecule has 0 bridgehead atoms. The van der Waals surface area contributed by atoms with Crippen molar-refractivity contribution in [3.05, 3.63) is 22.6 Å². The van der Waals surface area contributed by atoms with E-state index in [4.69, 9.17) is 5.73 Å². The molecule has 2 aromatic rings. The Kier molecular flexibility index (Phi) is 3.14. The Morgan fingerprint density at radius 1 is 1.36 bits per heavy atom. The highest BCUT2D eigenvalue weighted by Gasteiger charge is 2.45. The average molecular weight is 319 g/mol. The highest BCUT2D eigenvalue weighted by molar-refractivity contribution is 7.20. The molecule has 116 valence electrons. The second-order valence-electron chi connectivity index (χ2n) is 6.04. The van der Waals surface area contributed by atoms with Crippen molar-refractivity contribution in [2.75, 3.05) is 4.90 Å². The van der Waals surface area contributed by atoms with Crippen LogP contribution in [0.3, 0.4) is 0 Å². The molecular formula is C14H17N5O2S. The SMILES string of the molecule is NC(=O)C1CC2CCCCC2N1c1nn2c(=O)ccnc2s1. The number of primary amides is 1. The van der Waals surface area contributed by atoms with Crippen LogP contribution in [0.5, 0.6) is 0 Å². The minimum absolute atomic E-state index is 0.206. The van der Waals surface area contributed by atoms with Gasteiger partial charge in [0, 0.05) is 18.3 Å². The first-order valence-electron chi connectivity index (χ1n) is 7.57. The molecule has 2 N–H and O–H groups in total. The molecule has 2 fully saturated rings. The van der Waals surface area contributed by atoms with E-state index in [9.17, 15) is 9.59 Å². The van der Waals surface area contributed by atoms with Crippen LogP contribution in [-0.4, -0.2) is 32.6 Å². The third kappa shape index (κ3) is 2.01. The van der Waals surface area contributed by atoms with E-state index in [1.807, 2.05) is 4.90 Å². The number of nitrogens with two attached hydrogens (primary N) is 1. The summed E-state index contributed by atoms with van der Waals surface area (Å²) in [6.45, 7) is 0. The second-order valence-corrected chi connectivity index (χ2v) is 6.97. The average Bonchev–Trinajstić information content (AvgIpc) is 3.08. The van der Waals surface area contributed by atoms with Gasteiger partial charge in [-0.2, -0.15) is 4.52 Å². The summed E-state index contributed by atoms with van der Waals surface area (Å²) in [5.41, 5.74) is 5.41. The zero-order valence-corrected chi connectivity index (χ0v) is 12.8. The number of hydrogen-bond acceptors (Lipinski definition) is 6. The number of nitrogens with zero attached hydrogens (tertiary/aromatic N) is 4. The van der Waals surface area contributed by atoms with Gasteiger partial charge in [-0.3, -0.25) is 9.59 Å². The van der Waals surface area contributed by atoms with E-state index < -0.39 is 0 Å². The smallest absolute Gasteiger partial charge is 0.275 e. The maximum Gasteiger partial charge on any atom is 0.275 e. The van der Waals surface area contributed by atoms with Gasteiger partial charge in [-0.25, -0.2) is 4.98 Å². The molecule has 22 heavy (non-hydrogen) atoms. The maximum absolute atomic E-state index is 11.9. The molecule has 0 radical (unpaired) electrons. The lowest BCUT2D eigenvalue weighted by Crippen LogP contribution is -2.45. The van der Waals surface area contributed by atoms with Crippen molar-refractivity contribution in [3.63, 3.8) is 0 Å². The van der Waals surface area contributed by atoms with E-state index in [1.165, 1.54) is 34.5 Å². The highest BCUT2D eigenvalue weighted by Crippen LogP contribution is 2.43.